The van der Waals surface area contributed by atoms with E-state index in [9.17, 15) is 19.2 Å². The zero-order valence-corrected chi connectivity index (χ0v) is 20.8. The summed E-state index contributed by atoms with van der Waals surface area (Å²) in [5, 5.41) is 9.04. The molecule has 1 aliphatic carbocycles. The minimum absolute atomic E-state index is 0.279. The van der Waals surface area contributed by atoms with Crippen LogP contribution < -0.4 is 21.7 Å². The Hall–Kier alpha value is -3.72. The number of benzene rings is 2. The molecule has 1 heterocycles. The van der Waals surface area contributed by atoms with E-state index in [1.807, 2.05) is 6.07 Å². The Labute approximate surface area is 216 Å². The summed E-state index contributed by atoms with van der Waals surface area (Å²) in [4.78, 5) is 51.2. The van der Waals surface area contributed by atoms with Crippen molar-refractivity contribution >= 4 is 29.3 Å². The summed E-state index contributed by atoms with van der Waals surface area (Å²) in [5.41, 5.74) is 8.72. The fourth-order valence-corrected chi connectivity index (χ4v) is 4.91. The van der Waals surface area contributed by atoms with Crippen LogP contribution in [0.2, 0.25) is 0 Å². The molecular weight excluding hydrogens is 472 g/mol. The number of Topliss-reactive ketones (excluding diaryl/α,β-unsaturated/α-hetero) is 1. The van der Waals surface area contributed by atoms with Crippen LogP contribution in [0.3, 0.4) is 0 Å². The van der Waals surface area contributed by atoms with E-state index >= 15 is 0 Å². The molecule has 0 radical (unpaired) electrons. The van der Waals surface area contributed by atoms with Gasteiger partial charge in [-0.15, -0.1) is 0 Å². The summed E-state index contributed by atoms with van der Waals surface area (Å²) in [6, 6.07) is 12.9. The van der Waals surface area contributed by atoms with Gasteiger partial charge in [-0.05, 0) is 56.3 Å². The van der Waals surface area contributed by atoms with Gasteiger partial charge >= 0.3 is 5.97 Å². The zero-order valence-electron chi connectivity index (χ0n) is 20.8. The fourth-order valence-electron chi connectivity index (χ4n) is 4.91. The predicted molar refractivity (Wildman–Crippen MR) is 139 cm³/mol. The Kier molecular flexibility index (Phi) is 8.90. The van der Waals surface area contributed by atoms with Gasteiger partial charge in [-0.2, -0.15) is 0 Å². The van der Waals surface area contributed by atoms with Crippen LogP contribution in [0, 0.1) is 5.92 Å². The number of anilines is 1. The summed E-state index contributed by atoms with van der Waals surface area (Å²) >= 11 is 0. The molecule has 4 rings (SSSR count). The van der Waals surface area contributed by atoms with E-state index in [1.54, 1.807) is 42.5 Å². The van der Waals surface area contributed by atoms with Crippen molar-refractivity contribution in [2.24, 2.45) is 11.7 Å². The minimum Gasteiger partial charge on any atom is -0.457 e. The standard InChI is InChI=1S/C28H34N4O5/c29-14-5-10-23(32-26(34)20-12-11-18-13-15-30-24(18)16-20)27(35)31-22-9-4-8-21(22)28(36)37-17-25(33)19-6-2-1-3-7-19/h1-3,6-7,11-12,16,21-23,30H,4-5,8-10,13-15,17,29H2,(H,31,35)(H,32,34)/t21-,22+,23?/m1/s1. The first kappa shape index (κ1) is 26.3. The molecule has 196 valence electrons. The molecule has 3 atom stereocenters. The van der Waals surface area contributed by atoms with Crippen molar-refractivity contribution in [3.63, 3.8) is 0 Å². The Bertz CT molecular complexity index is 1140. The van der Waals surface area contributed by atoms with E-state index in [0.717, 1.165) is 25.1 Å². The van der Waals surface area contributed by atoms with E-state index < -0.39 is 24.0 Å². The van der Waals surface area contributed by atoms with Crippen molar-refractivity contribution < 1.29 is 23.9 Å². The van der Waals surface area contributed by atoms with E-state index in [2.05, 4.69) is 16.0 Å². The Morgan fingerprint density at radius 1 is 1.05 bits per heavy atom. The highest BCUT2D eigenvalue weighted by molar-refractivity contribution is 5.99. The number of carbonyl (C=O) groups excluding carboxylic acids is 4. The summed E-state index contributed by atoms with van der Waals surface area (Å²) in [6.45, 7) is 0.883. The number of nitrogens with one attached hydrogen (secondary N) is 3. The van der Waals surface area contributed by atoms with Crippen LogP contribution in [0.1, 0.15) is 58.4 Å². The van der Waals surface area contributed by atoms with Crippen molar-refractivity contribution in [3.05, 3.63) is 65.2 Å². The SMILES string of the molecule is NCCCC(NC(=O)c1ccc2c(c1)NCC2)C(=O)N[C@H]1CCC[C@H]1C(=O)OCC(=O)c1ccccc1. The Balaban J connectivity index is 1.34. The van der Waals surface area contributed by atoms with Crippen LogP contribution >= 0.6 is 0 Å². The molecule has 2 amide bonds. The number of ether oxygens (including phenoxy) is 1. The normalized spacial score (nSPS) is 18.8. The third-order valence-electron chi connectivity index (χ3n) is 6.99. The molecule has 9 heteroatoms. The lowest BCUT2D eigenvalue weighted by molar-refractivity contribution is -0.148. The third-order valence-corrected chi connectivity index (χ3v) is 6.99. The monoisotopic (exact) mass is 506 g/mol. The van der Waals surface area contributed by atoms with Crippen molar-refractivity contribution in [3.8, 4) is 0 Å². The van der Waals surface area contributed by atoms with Gasteiger partial charge in [0.25, 0.3) is 5.91 Å². The second kappa shape index (κ2) is 12.5. The number of rotatable bonds is 11. The molecule has 0 spiro atoms. The number of carbonyl (C=O) groups is 4. The number of amides is 2. The van der Waals surface area contributed by atoms with Crippen LogP contribution in [-0.2, 0) is 20.7 Å². The lowest BCUT2D eigenvalue weighted by Crippen LogP contribution is -2.51. The number of fused-ring (bicyclic) bond motifs is 1. The largest absolute Gasteiger partial charge is 0.457 e. The molecule has 1 saturated carbocycles. The van der Waals surface area contributed by atoms with Gasteiger partial charge in [-0.1, -0.05) is 42.8 Å². The van der Waals surface area contributed by atoms with Crippen LogP contribution in [0.25, 0.3) is 0 Å². The fraction of sp³-hybridized carbons (Fsp3) is 0.429. The van der Waals surface area contributed by atoms with Crippen LogP contribution in [0.5, 0.6) is 0 Å². The minimum atomic E-state index is -0.783. The number of hydrogen-bond acceptors (Lipinski definition) is 7. The molecule has 2 aromatic carbocycles. The molecule has 0 bridgehead atoms. The quantitative estimate of drug-likeness (QED) is 0.271. The summed E-state index contributed by atoms with van der Waals surface area (Å²) in [5.74, 6) is -2.01. The summed E-state index contributed by atoms with van der Waals surface area (Å²) in [7, 11) is 0. The van der Waals surface area contributed by atoms with Gasteiger partial charge in [0.05, 0.1) is 5.92 Å². The second-order valence-corrected chi connectivity index (χ2v) is 9.56. The van der Waals surface area contributed by atoms with Crippen LogP contribution in [0.15, 0.2) is 48.5 Å². The molecular formula is C28H34N4O5. The highest BCUT2D eigenvalue weighted by atomic mass is 16.5. The van der Waals surface area contributed by atoms with Gasteiger partial charge in [0.1, 0.15) is 6.04 Å². The number of ketones is 1. The van der Waals surface area contributed by atoms with Crippen molar-refractivity contribution in [1.29, 1.82) is 0 Å². The first-order valence-corrected chi connectivity index (χ1v) is 12.9. The molecule has 2 aromatic rings. The van der Waals surface area contributed by atoms with Crippen LogP contribution in [0.4, 0.5) is 5.69 Å². The summed E-state index contributed by atoms with van der Waals surface area (Å²) in [6.07, 6.45) is 3.79. The van der Waals surface area contributed by atoms with Crippen molar-refractivity contribution in [1.82, 2.24) is 10.6 Å². The van der Waals surface area contributed by atoms with Gasteiger partial charge in [0.15, 0.2) is 12.4 Å². The van der Waals surface area contributed by atoms with E-state index in [1.165, 1.54) is 5.56 Å². The number of nitrogens with two attached hydrogens (primary N) is 1. The first-order valence-electron chi connectivity index (χ1n) is 12.9. The van der Waals surface area contributed by atoms with Gasteiger partial charge in [-0.3, -0.25) is 19.2 Å². The molecule has 0 saturated heterocycles. The Morgan fingerprint density at radius 2 is 1.86 bits per heavy atom. The number of esters is 1. The van der Waals surface area contributed by atoms with E-state index in [0.29, 0.717) is 43.4 Å². The lowest BCUT2D eigenvalue weighted by Gasteiger charge is -2.24. The second-order valence-electron chi connectivity index (χ2n) is 9.56. The topological polar surface area (TPSA) is 140 Å². The van der Waals surface area contributed by atoms with Gasteiger partial charge in [0.2, 0.25) is 5.91 Å². The molecule has 1 aliphatic heterocycles. The molecule has 1 unspecified atom stereocenters. The maximum absolute atomic E-state index is 13.2. The lowest BCUT2D eigenvalue weighted by atomic mass is 10.0. The van der Waals surface area contributed by atoms with E-state index in [-0.39, 0.29) is 24.2 Å². The average Bonchev–Trinajstić information content (AvgIpc) is 3.58. The highest BCUT2D eigenvalue weighted by Crippen LogP contribution is 2.27. The maximum Gasteiger partial charge on any atom is 0.311 e. The summed E-state index contributed by atoms with van der Waals surface area (Å²) < 4.78 is 5.31. The van der Waals surface area contributed by atoms with Gasteiger partial charge in [0, 0.05) is 29.4 Å². The molecule has 37 heavy (non-hydrogen) atoms. The Morgan fingerprint density at radius 3 is 2.65 bits per heavy atom. The zero-order chi connectivity index (χ0) is 26.2. The van der Waals surface area contributed by atoms with Crippen LogP contribution in [-0.4, -0.2) is 55.3 Å². The molecule has 2 aliphatic rings. The van der Waals surface area contributed by atoms with E-state index in [4.69, 9.17) is 10.5 Å². The van der Waals surface area contributed by atoms with Crippen molar-refractivity contribution in [2.75, 3.05) is 25.0 Å². The maximum atomic E-state index is 13.2. The first-order chi connectivity index (χ1) is 18.0. The smallest absolute Gasteiger partial charge is 0.311 e. The van der Waals surface area contributed by atoms with Crippen molar-refractivity contribution in [2.45, 2.75) is 50.6 Å². The molecule has 9 nitrogen and oxygen atoms in total. The highest BCUT2D eigenvalue weighted by Gasteiger charge is 2.37. The number of hydrogen-bond donors (Lipinski definition) is 4. The molecule has 5 N–H and O–H groups in total. The predicted octanol–water partition coefficient (Wildman–Crippen LogP) is 2.20. The third kappa shape index (κ3) is 6.74. The van der Waals surface area contributed by atoms with Gasteiger partial charge < -0.3 is 26.4 Å². The molecule has 0 aromatic heterocycles. The average molecular weight is 507 g/mol. The van der Waals surface area contributed by atoms with Gasteiger partial charge in [-0.25, -0.2) is 0 Å². The molecule has 1 fully saturated rings.